The van der Waals surface area contributed by atoms with E-state index in [9.17, 15) is 4.79 Å². The molecule has 3 atom stereocenters. The first kappa shape index (κ1) is 15.0. The summed E-state index contributed by atoms with van der Waals surface area (Å²) in [4.78, 5) is 9.82. The molecule has 0 aromatic rings. The van der Waals surface area contributed by atoms with Gasteiger partial charge in [-0.3, -0.25) is 0 Å². The number of carbonyl (C=O) groups is 1. The van der Waals surface area contributed by atoms with Crippen molar-refractivity contribution in [3.8, 4) is 0 Å². The van der Waals surface area contributed by atoms with Crippen LogP contribution in [0.4, 0.5) is 0 Å². The molecule has 0 fully saturated rings. The van der Waals surface area contributed by atoms with Crippen molar-refractivity contribution in [2.24, 2.45) is 0 Å². The van der Waals surface area contributed by atoms with Crippen molar-refractivity contribution in [3.05, 3.63) is 0 Å². The predicted octanol–water partition coefficient (Wildman–Crippen LogP) is -2.73. The van der Waals surface area contributed by atoms with Crippen molar-refractivity contribution >= 4 is 35.8 Å². The third kappa shape index (κ3) is 5.21. The first-order valence-corrected chi connectivity index (χ1v) is 3.22. The summed E-state index contributed by atoms with van der Waals surface area (Å²) in [5, 5.41) is 34.8. The average Bonchev–Trinajstić information content (AvgIpc) is 2.02. The molecule has 0 heterocycles. The van der Waals surface area contributed by atoms with E-state index < -0.39 is 24.9 Å². The minimum atomic E-state index is -1.47. The predicted molar refractivity (Wildman–Crippen MR) is 41.5 cm³/mol. The molecular formula is C6H12NaO5. The molecular weight excluding hydrogens is 175 g/mol. The van der Waals surface area contributed by atoms with Crippen molar-refractivity contribution in [1.29, 1.82) is 0 Å². The Morgan fingerprint density at radius 2 is 1.67 bits per heavy atom. The standard InChI is InChI=1S/C6H12O5.Na/c7-2-1-4(9)6(11)5(10)3-8;/h2,4-6,8-11H,1,3H2;/t4-,5-,6+;/m1./s1. The Hall–Kier alpha value is 0.510. The van der Waals surface area contributed by atoms with Gasteiger partial charge in [0, 0.05) is 36.0 Å². The molecule has 6 heteroatoms. The first-order chi connectivity index (χ1) is 5.13. The largest absolute Gasteiger partial charge is 0.394 e. The maximum Gasteiger partial charge on any atom is 0.122 e. The van der Waals surface area contributed by atoms with Crippen LogP contribution in [0.5, 0.6) is 0 Å². The van der Waals surface area contributed by atoms with E-state index in [1.807, 2.05) is 0 Å². The summed E-state index contributed by atoms with van der Waals surface area (Å²) in [6.45, 7) is -0.642. The van der Waals surface area contributed by atoms with Gasteiger partial charge in [-0.05, 0) is 0 Å². The zero-order valence-electron chi connectivity index (χ0n) is 6.92. The Bertz CT molecular complexity index is 121. The summed E-state index contributed by atoms with van der Waals surface area (Å²) in [5.74, 6) is 0. The van der Waals surface area contributed by atoms with Gasteiger partial charge in [-0.2, -0.15) is 0 Å². The van der Waals surface area contributed by atoms with Crippen LogP contribution in [0.3, 0.4) is 0 Å². The fourth-order valence-electron chi connectivity index (χ4n) is 0.602. The maximum atomic E-state index is 9.82. The van der Waals surface area contributed by atoms with Crippen LogP contribution in [0, 0.1) is 0 Å². The zero-order chi connectivity index (χ0) is 8.85. The van der Waals surface area contributed by atoms with E-state index in [4.69, 9.17) is 20.4 Å². The van der Waals surface area contributed by atoms with Crippen LogP contribution < -0.4 is 0 Å². The van der Waals surface area contributed by atoms with Gasteiger partial charge in [0.1, 0.15) is 18.5 Å². The quantitative estimate of drug-likeness (QED) is 0.277. The van der Waals surface area contributed by atoms with Crippen molar-refractivity contribution in [1.82, 2.24) is 0 Å². The van der Waals surface area contributed by atoms with E-state index in [0.717, 1.165) is 0 Å². The molecule has 0 aliphatic rings. The van der Waals surface area contributed by atoms with Crippen molar-refractivity contribution < 1.29 is 25.2 Å². The SMILES string of the molecule is O=CC[C@@H](O)[C@H](O)[C@H](O)CO.[Na]. The molecule has 0 rings (SSSR count). The van der Waals surface area contributed by atoms with Crippen LogP contribution in [-0.2, 0) is 4.79 Å². The summed E-state index contributed by atoms with van der Waals surface area (Å²) >= 11 is 0. The molecule has 0 aliphatic heterocycles. The normalized spacial score (nSPS) is 17.3. The minimum Gasteiger partial charge on any atom is -0.394 e. The topological polar surface area (TPSA) is 98.0 Å². The monoisotopic (exact) mass is 187 g/mol. The van der Waals surface area contributed by atoms with Crippen molar-refractivity contribution in [2.75, 3.05) is 6.61 Å². The Morgan fingerprint density at radius 3 is 2.00 bits per heavy atom. The summed E-state index contributed by atoms with van der Waals surface area (Å²) in [7, 11) is 0. The van der Waals surface area contributed by atoms with E-state index in [1.54, 1.807) is 0 Å². The van der Waals surface area contributed by atoms with E-state index in [0.29, 0.717) is 6.29 Å². The summed E-state index contributed by atoms with van der Waals surface area (Å²) in [5.41, 5.74) is 0. The van der Waals surface area contributed by atoms with Gasteiger partial charge in [-0.25, -0.2) is 0 Å². The van der Waals surface area contributed by atoms with Crippen molar-refractivity contribution in [2.45, 2.75) is 24.7 Å². The second-order valence-corrected chi connectivity index (χ2v) is 2.21. The van der Waals surface area contributed by atoms with E-state index in [1.165, 1.54) is 0 Å². The molecule has 4 N–H and O–H groups in total. The average molecular weight is 187 g/mol. The molecule has 0 unspecified atom stereocenters. The Balaban J connectivity index is 0. The molecule has 0 aliphatic carbocycles. The summed E-state index contributed by atoms with van der Waals surface area (Å²) < 4.78 is 0. The summed E-state index contributed by atoms with van der Waals surface area (Å²) in [6.07, 6.45) is -4.00. The van der Waals surface area contributed by atoms with Crippen LogP contribution in [0.1, 0.15) is 6.42 Å². The van der Waals surface area contributed by atoms with Crippen LogP contribution in [0.25, 0.3) is 0 Å². The molecule has 0 amide bonds. The number of hydrogen-bond donors (Lipinski definition) is 4. The molecule has 0 aromatic heterocycles. The smallest absolute Gasteiger partial charge is 0.122 e. The minimum absolute atomic E-state index is 0. The molecule has 67 valence electrons. The first-order valence-electron chi connectivity index (χ1n) is 3.22. The van der Waals surface area contributed by atoms with Gasteiger partial charge in [0.2, 0.25) is 0 Å². The number of aldehydes is 1. The van der Waals surface area contributed by atoms with Crippen LogP contribution in [0.2, 0.25) is 0 Å². The summed E-state index contributed by atoms with van der Waals surface area (Å²) in [6, 6.07) is 0. The fraction of sp³-hybridized carbons (Fsp3) is 0.833. The molecule has 5 nitrogen and oxygen atoms in total. The van der Waals surface area contributed by atoms with Gasteiger partial charge in [-0.15, -0.1) is 0 Å². The molecule has 0 bridgehead atoms. The number of carbonyl (C=O) groups excluding carboxylic acids is 1. The number of aliphatic hydroxyl groups is 4. The van der Waals surface area contributed by atoms with Crippen LogP contribution >= 0.6 is 0 Å². The Morgan fingerprint density at radius 1 is 1.17 bits per heavy atom. The van der Waals surface area contributed by atoms with Gasteiger partial charge in [0.05, 0.1) is 12.7 Å². The Kier molecular flexibility index (Phi) is 10.2. The molecule has 1 radical (unpaired) electrons. The van der Waals surface area contributed by atoms with Crippen molar-refractivity contribution in [3.63, 3.8) is 0 Å². The molecule has 0 saturated heterocycles. The molecule has 0 spiro atoms. The van der Waals surface area contributed by atoms with E-state index in [-0.39, 0.29) is 36.0 Å². The van der Waals surface area contributed by atoms with Crippen LogP contribution in [0.15, 0.2) is 0 Å². The van der Waals surface area contributed by atoms with Gasteiger partial charge < -0.3 is 25.2 Å². The molecule has 0 saturated carbocycles. The van der Waals surface area contributed by atoms with Gasteiger partial charge in [0.15, 0.2) is 0 Å². The fourth-order valence-corrected chi connectivity index (χ4v) is 0.602. The van der Waals surface area contributed by atoms with E-state index >= 15 is 0 Å². The third-order valence-corrected chi connectivity index (χ3v) is 1.31. The van der Waals surface area contributed by atoms with Gasteiger partial charge >= 0.3 is 0 Å². The zero-order valence-corrected chi connectivity index (χ0v) is 8.92. The van der Waals surface area contributed by atoms with Crippen LogP contribution in [-0.4, -0.2) is 81.2 Å². The van der Waals surface area contributed by atoms with E-state index in [2.05, 4.69) is 0 Å². The number of rotatable bonds is 5. The maximum absolute atomic E-state index is 9.82. The molecule has 0 aromatic carbocycles. The third-order valence-electron chi connectivity index (χ3n) is 1.31. The van der Waals surface area contributed by atoms with Gasteiger partial charge in [-0.1, -0.05) is 0 Å². The number of hydrogen-bond acceptors (Lipinski definition) is 5. The second-order valence-electron chi connectivity index (χ2n) is 2.21. The second kappa shape index (κ2) is 8.12. The number of aliphatic hydroxyl groups excluding tert-OH is 4. The molecule has 12 heavy (non-hydrogen) atoms. The Labute approximate surface area is 92.3 Å². The van der Waals surface area contributed by atoms with Gasteiger partial charge in [0.25, 0.3) is 0 Å².